The summed E-state index contributed by atoms with van der Waals surface area (Å²) >= 11 is 0. The van der Waals surface area contributed by atoms with Gasteiger partial charge in [0.1, 0.15) is 4.90 Å². The normalized spacial score (nSPS) is 11.4. The van der Waals surface area contributed by atoms with Crippen LogP contribution in [0.1, 0.15) is 51.9 Å². The van der Waals surface area contributed by atoms with Gasteiger partial charge >= 0.3 is 5.97 Å². The molecule has 0 bridgehead atoms. The minimum Gasteiger partial charge on any atom is -0.425 e. The maximum Gasteiger partial charge on any atom is 0.311 e. The standard InChI is InChI=1S/C16H24O5S/c1-3-4-5-6-7-8-13-16(17)21-14-11-9-10-12-15(14)22(18,19)20-2/h9-12H,3-8,13H2,1-2H3. The third-order valence-electron chi connectivity index (χ3n) is 3.30. The SMILES string of the molecule is CCCCCCCCC(=O)Oc1ccccc1S(=O)(=O)OC. The van der Waals surface area contributed by atoms with Gasteiger partial charge in [0, 0.05) is 6.42 Å². The molecule has 1 aromatic carbocycles. The Morgan fingerprint density at radius 3 is 2.36 bits per heavy atom. The molecular weight excluding hydrogens is 304 g/mol. The summed E-state index contributed by atoms with van der Waals surface area (Å²) in [5.74, 6) is -0.408. The molecule has 0 amide bonds. The van der Waals surface area contributed by atoms with Gasteiger partial charge < -0.3 is 4.74 Å². The topological polar surface area (TPSA) is 69.7 Å². The molecule has 0 atom stereocenters. The van der Waals surface area contributed by atoms with E-state index >= 15 is 0 Å². The molecule has 6 heteroatoms. The first-order valence-corrected chi connectivity index (χ1v) is 9.02. The summed E-state index contributed by atoms with van der Waals surface area (Å²) in [7, 11) is -2.81. The van der Waals surface area contributed by atoms with E-state index in [1.54, 1.807) is 12.1 Å². The van der Waals surface area contributed by atoms with Crippen LogP contribution in [0.4, 0.5) is 0 Å². The Kier molecular flexibility index (Phi) is 8.12. The number of hydrogen-bond acceptors (Lipinski definition) is 5. The predicted molar refractivity (Wildman–Crippen MR) is 84.3 cm³/mol. The monoisotopic (exact) mass is 328 g/mol. The van der Waals surface area contributed by atoms with Crippen molar-refractivity contribution in [3.8, 4) is 5.75 Å². The van der Waals surface area contributed by atoms with E-state index in [0.29, 0.717) is 0 Å². The third kappa shape index (κ3) is 6.15. The van der Waals surface area contributed by atoms with Crippen LogP contribution >= 0.6 is 0 Å². The van der Waals surface area contributed by atoms with Crippen LogP contribution in [-0.2, 0) is 19.1 Å². The van der Waals surface area contributed by atoms with Gasteiger partial charge in [-0.1, -0.05) is 51.2 Å². The minimum absolute atomic E-state index is 0.0142. The molecular formula is C16H24O5S. The molecule has 0 saturated carbocycles. The van der Waals surface area contributed by atoms with E-state index in [0.717, 1.165) is 26.4 Å². The zero-order chi connectivity index (χ0) is 16.4. The summed E-state index contributed by atoms with van der Waals surface area (Å²) in [6.45, 7) is 2.16. The van der Waals surface area contributed by atoms with Gasteiger partial charge in [0.15, 0.2) is 5.75 Å². The average molecular weight is 328 g/mol. The van der Waals surface area contributed by atoms with Crippen LogP contribution in [0.3, 0.4) is 0 Å². The lowest BCUT2D eigenvalue weighted by atomic mass is 10.1. The molecule has 0 aliphatic rings. The van der Waals surface area contributed by atoms with Gasteiger partial charge in [-0.05, 0) is 18.6 Å². The Morgan fingerprint density at radius 2 is 1.68 bits per heavy atom. The summed E-state index contributed by atoms with van der Waals surface area (Å²) < 4.78 is 33.1. The summed E-state index contributed by atoms with van der Waals surface area (Å²) in [4.78, 5) is 11.7. The van der Waals surface area contributed by atoms with Crippen LogP contribution in [0.5, 0.6) is 5.75 Å². The molecule has 0 heterocycles. The van der Waals surface area contributed by atoms with Gasteiger partial charge in [-0.2, -0.15) is 8.42 Å². The summed E-state index contributed by atoms with van der Waals surface area (Å²) in [6, 6.07) is 5.97. The molecule has 0 fully saturated rings. The second kappa shape index (κ2) is 9.58. The number of unbranched alkanes of at least 4 members (excludes halogenated alkanes) is 5. The Balaban J connectivity index is 2.52. The molecule has 0 saturated heterocycles. The van der Waals surface area contributed by atoms with E-state index in [-0.39, 0.29) is 17.1 Å². The van der Waals surface area contributed by atoms with Crippen molar-refractivity contribution in [3.05, 3.63) is 24.3 Å². The van der Waals surface area contributed by atoms with Gasteiger partial charge in [0.05, 0.1) is 7.11 Å². The van der Waals surface area contributed by atoms with E-state index in [9.17, 15) is 13.2 Å². The number of para-hydroxylation sites is 1. The van der Waals surface area contributed by atoms with Gasteiger partial charge in [-0.3, -0.25) is 8.98 Å². The number of esters is 1. The van der Waals surface area contributed by atoms with E-state index in [4.69, 9.17) is 4.74 Å². The Hall–Kier alpha value is -1.40. The van der Waals surface area contributed by atoms with Crippen molar-refractivity contribution in [2.24, 2.45) is 0 Å². The number of rotatable bonds is 10. The van der Waals surface area contributed by atoms with Crippen LogP contribution in [0.15, 0.2) is 29.2 Å². The Bertz CT molecular complexity index is 566. The van der Waals surface area contributed by atoms with Crippen molar-refractivity contribution in [1.82, 2.24) is 0 Å². The maximum atomic E-state index is 11.8. The first kappa shape index (κ1) is 18.6. The molecule has 0 unspecified atom stereocenters. The maximum absolute atomic E-state index is 11.8. The zero-order valence-corrected chi connectivity index (χ0v) is 14.0. The quantitative estimate of drug-likeness (QED) is 0.284. The minimum atomic E-state index is -3.89. The van der Waals surface area contributed by atoms with Gasteiger partial charge in [0.25, 0.3) is 10.1 Å². The predicted octanol–water partition coefficient (Wildman–Crippen LogP) is 3.68. The first-order valence-electron chi connectivity index (χ1n) is 7.61. The zero-order valence-electron chi connectivity index (χ0n) is 13.2. The largest absolute Gasteiger partial charge is 0.425 e. The molecule has 0 aromatic heterocycles. The number of carbonyl (C=O) groups is 1. The van der Waals surface area contributed by atoms with Crippen LogP contribution in [0, 0.1) is 0 Å². The van der Waals surface area contributed by atoms with Crippen molar-refractivity contribution in [2.75, 3.05) is 7.11 Å². The summed E-state index contributed by atoms with van der Waals surface area (Å²) in [5.41, 5.74) is 0. The fraction of sp³-hybridized carbons (Fsp3) is 0.562. The summed E-state index contributed by atoms with van der Waals surface area (Å²) in [5, 5.41) is 0. The van der Waals surface area contributed by atoms with E-state index < -0.39 is 16.1 Å². The Morgan fingerprint density at radius 1 is 1.05 bits per heavy atom. The molecule has 0 aliphatic carbocycles. The molecule has 124 valence electrons. The Labute approximate surface area is 132 Å². The molecule has 5 nitrogen and oxygen atoms in total. The number of benzene rings is 1. The lowest BCUT2D eigenvalue weighted by Crippen LogP contribution is -2.11. The number of hydrogen-bond donors (Lipinski definition) is 0. The van der Waals surface area contributed by atoms with Crippen molar-refractivity contribution in [2.45, 2.75) is 56.8 Å². The average Bonchev–Trinajstić information content (AvgIpc) is 2.51. The number of carbonyl (C=O) groups excluding carboxylic acids is 1. The lowest BCUT2D eigenvalue weighted by molar-refractivity contribution is -0.134. The van der Waals surface area contributed by atoms with Crippen molar-refractivity contribution < 1.29 is 22.1 Å². The van der Waals surface area contributed by atoms with Gasteiger partial charge in [0.2, 0.25) is 0 Å². The van der Waals surface area contributed by atoms with E-state index in [1.165, 1.54) is 31.4 Å². The van der Waals surface area contributed by atoms with Crippen LogP contribution in [-0.4, -0.2) is 21.5 Å². The third-order valence-corrected chi connectivity index (χ3v) is 4.61. The van der Waals surface area contributed by atoms with Gasteiger partial charge in [-0.25, -0.2) is 0 Å². The second-order valence-electron chi connectivity index (χ2n) is 5.06. The molecule has 0 N–H and O–H groups in total. The fourth-order valence-electron chi connectivity index (χ4n) is 2.05. The molecule has 22 heavy (non-hydrogen) atoms. The van der Waals surface area contributed by atoms with Crippen molar-refractivity contribution in [1.29, 1.82) is 0 Å². The molecule has 1 rings (SSSR count). The first-order chi connectivity index (χ1) is 10.5. The van der Waals surface area contributed by atoms with Crippen LogP contribution < -0.4 is 4.74 Å². The molecule has 1 aromatic rings. The molecule has 0 aliphatic heterocycles. The fourth-order valence-corrected chi connectivity index (χ4v) is 2.84. The highest BCUT2D eigenvalue weighted by molar-refractivity contribution is 7.86. The molecule has 0 spiro atoms. The summed E-state index contributed by atoms with van der Waals surface area (Å²) in [6.07, 6.45) is 6.71. The van der Waals surface area contributed by atoms with Crippen LogP contribution in [0.2, 0.25) is 0 Å². The van der Waals surface area contributed by atoms with Crippen molar-refractivity contribution >= 4 is 16.1 Å². The van der Waals surface area contributed by atoms with Crippen LogP contribution in [0.25, 0.3) is 0 Å². The highest BCUT2D eigenvalue weighted by Gasteiger charge is 2.20. The van der Waals surface area contributed by atoms with E-state index in [2.05, 4.69) is 11.1 Å². The number of ether oxygens (including phenoxy) is 1. The second-order valence-corrected chi connectivity index (χ2v) is 6.74. The smallest absolute Gasteiger partial charge is 0.311 e. The van der Waals surface area contributed by atoms with Gasteiger partial charge in [-0.15, -0.1) is 0 Å². The van der Waals surface area contributed by atoms with Crippen molar-refractivity contribution in [3.63, 3.8) is 0 Å². The highest BCUT2D eigenvalue weighted by atomic mass is 32.2. The highest BCUT2D eigenvalue weighted by Crippen LogP contribution is 2.25. The molecule has 0 radical (unpaired) electrons. The van der Waals surface area contributed by atoms with E-state index in [1.807, 2.05) is 0 Å². The lowest BCUT2D eigenvalue weighted by Gasteiger charge is -2.09.